The van der Waals surface area contributed by atoms with Gasteiger partial charge in [0.15, 0.2) is 0 Å². The van der Waals surface area contributed by atoms with Gasteiger partial charge in [-0.05, 0) is 55.7 Å². The molecule has 104 valence electrons. The number of nitrogens with zero attached hydrogens (tertiary/aromatic N) is 1. The minimum absolute atomic E-state index is 0.00225. The van der Waals surface area contributed by atoms with Gasteiger partial charge in [0, 0.05) is 5.02 Å². The fourth-order valence-corrected chi connectivity index (χ4v) is 4.64. The molecule has 4 unspecified atom stereocenters. The van der Waals surface area contributed by atoms with Crippen molar-refractivity contribution in [2.24, 2.45) is 23.7 Å². The van der Waals surface area contributed by atoms with Crippen LogP contribution in [-0.2, 0) is 9.59 Å². The second kappa shape index (κ2) is 4.08. The van der Waals surface area contributed by atoms with E-state index < -0.39 is 0 Å². The number of anilines is 1. The number of fused-ring (bicyclic) bond motifs is 5. The van der Waals surface area contributed by atoms with Gasteiger partial charge < -0.3 is 0 Å². The number of halogens is 1. The maximum atomic E-state index is 12.7. The lowest BCUT2D eigenvalue weighted by molar-refractivity contribution is -0.123. The number of carbonyl (C=O) groups is 2. The lowest BCUT2D eigenvalue weighted by atomic mass is 9.81. The van der Waals surface area contributed by atoms with Crippen LogP contribution in [0.15, 0.2) is 18.2 Å². The van der Waals surface area contributed by atoms with Crippen LogP contribution in [0.5, 0.6) is 0 Å². The minimum Gasteiger partial charge on any atom is -0.274 e. The van der Waals surface area contributed by atoms with Gasteiger partial charge in [0.1, 0.15) is 0 Å². The second-order valence-corrected chi connectivity index (χ2v) is 6.76. The fraction of sp³-hybridized carbons (Fsp3) is 0.500. The number of hydrogen-bond donors (Lipinski definition) is 0. The summed E-state index contributed by atoms with van der Waals surface area (Å²) in [4.78, 5) is 26.8. The van der Waals surface area contributed by atoms with E-state index in [9.17, 15) is 9.59 Å². The zero-order valence-electron chi connectivity index (χ0n) is 11.3. The third-order valence-corrected chi connectivity index (χ3v) is 5.57. The molecule has 3 fully saturated rings. The highest BCUT2D eigenvalue weighted by Crippen LogP contribution is 2.56. The molecule has 3 aliphatic rings. The molecular weight excluding hydrogens is 274 g/mol. The molecule has 0 aromatic heterocycles. The molecule has 0 radical (unpaired) electrons. The van der Waals surface area contributed by atoms with Gasteiger partial charge in [-0.3, -0.25) is 9.59 Å². The molecule has 1 aromatic rings. The zero-order chi connectivity index (χ0) is 14.0. The van der Waals surface area contributed by atoms with Crippen LogP contribution in [0.4, 0.5) is 5.69 Å². The quantitative estimate of drug-likeness (QED) is 0.745. The van der Waals surface area contributed by atoms with Crippen molar-refractivity contribution < 1.29 is 9.59 Å². The molecule has 2 amide bonds. The number of benzene rings is 1. The normalized spacial score (nSPS) is 35.0. The first kappa shape index (κ1) is 12.4. The fourth-order valence-electron chi connectivity index (χ4n) is 4.47. The van der Waals surface area contributed by atoms with Gasteiger partial charge >= 0.3 is 0 Å². The first-order valence-corrected chi connectivity index (χ1v) is 7.59. The molecule has 0 N–H and O–H groups in total. The Labute approximate surface area is 122 Å². The van der Waals surface area contributed by atoms with Crippen molar-refractivity contribution in [3.05, 3.63) is 28.8 Å². The molecule has 1 heterocycles. The van der Waals surface area contributed by atoms with Gasteiger partial charge in [-0.1, -0.05) is 17.7 Å². The number of hydrogen-bond acceptors (Lipinski definition) is 2. The Morgan fingerprint density at radius 1 is 1.10 bits per heavy atom. The molecule has 1 saturated heterocycles. The summed E-state index contributed by atoms with van der Waals surface area (Å²) >= 11 is 6.03. The first-order valence-electron chi connectivity index (χ1n) is 7.22. The van der Waals surface area contributed by atoms with Gasteiger partial charge in [-0.2, -0.15) is 0 Å². The standard InChI is InChI=1S/C16H16ClNO2/c1-8-2-5-11(17)7-12(8)18-15(19)13-9-3-4-10(6-9)14(13)16(18)20/h2,5,7,9-10,13-14H,3-4,6H2,1H3. The highest BCUT2D eigenvalue weighted by molar-refractivity contribution is 6.31. The summed E-state index contributed by atoms with van der Waals surface area (Å²) in [6, 6.07) is 5.38. The number of aryl methyl sites for hydroxylation is 1. The number of amides is 2. The Hall–Kier alpha value is -1.35. The third kappa shape index (κ3) is 1.47. The monoisotopic (exact) mass is 289 g/mol. The van der Waals surface area contributed by atoms with Crippen molar-refractivity contribution >= 4 is 29.1 Å². The van der Waals surface area contributed by atoms with E-state index in [2.05, 4.69) is 0 Å². The van der Waals surface area contributed by atoms with Crippen molar-refractivity contribution in [2.45, 2.75) is 26.2 Å². The maximum Gasteiger partial charge on any atom is 0.237 e. The zero-order valence-corrected chi connectivity index (χ0v) is 12.1. The molecule has 1 aromatic carbocycles. The van der Waals surface area contributed by atoms with Gasteiger partial charge in [-0.25, -0.2) is 4.90 Å². The summed E-state index contributed by atoms with van der Waals surface area (Å²) in [5.74, 6) is 0.700. The van der Waals surface area contributed by atoms with E-state index in [1.807, 2.05) is 13.0 Å². The van der Waals surface area contributed by atoms with Crippen LogP contribution in [-0.4, -0.2) is 11.8 Å². The lowest BCUT2D eigenvalue weighted by Crippen LogP contribution is -2.33. The topological polar surface area (TPSA) is 37.4 Å². The van der Waals surface area contributed by atoms with Crippen LogP contribution in [0.25, 0.3) is 0 Å². The predicted molar refractivity (Wildman–Crippen MR) is 76.5 cm³/mol. The Balaban J connectivity index is 1.79. The first-order chi connectivity index (χ1) is 9.58. The molecule has 0 spiro atoms. The predicted octanol–water partition coefficient (Wildman–Crippen LogP) is 3.18. The van der Waals surface area contributed by atoms with Gasteiger partial charge in [0.05, 0.1) is 17.5 Å². The molecule has 2 bridgehead atoms. The third-order valence-electron chi connectivity index (χ3n) is 5.34. The summed E-state index contributed by atoms with van der Waals surface area (Å²) in [6.07, 6.45) is 3.27. The molecule has 1 aliphatic heterocycles. The van der Waals surface area contributed by atoms with Crippen LogP contribution in [0.1, 0.15) is 24.8 Å². The van der Waals surface area contributed by atoms with Crippen molar-refractivity contribution in [2.75, 3.05) is 4.90 Å². The van der Waals surface area contributed by atoms with Crippen LogP contribution in [0, 0.1) is 30.6 Å². The van der Waals surface area contributed by atoms with Crippen LogP contribution in [0.2, 0.25) is 5.02 Å². The maximum absolute atomic E-state index is 12.7. The summed E-state index contributed by atoms with van der Waals surface area (Å²) in [5, 5.41) is 0.561. The van der Waals surface area contributed by atoms with E-state index in [-0.39, 0.29) is 23.7 Å². The lowest BCUT2D eigenvalue weighted by Gasteiger charge is -2.19. The van der Waals surface area contributed by atoms with E-state index >= 15 is 0 Å². The Bertz CT molecular complexity index is 599. The minimum atomic E-state index is -0.0698. The molecule has 3 nitrogen and oxygen atoms in total. The van der Waals surface area contributed by atoms with Crippen LogP contribution in [0.3, 0.4) is 0 Å². The molecule has 20 heavy (non-hydrogen) atoms. The van der Waals surface area contributed by atoms with E-state index in [1.165, 1.54) is 4.90 Å². The molecule has 4 rings (SSSR count). The van der Waals surface area contributed by atoms with E-state index in [1.54, 1.807) is 12.1 Å². The second-order valence-electron chi connectivity index (χ2n) is 6.33. The molecule has 4 heteroatoms. The van der Waals surface area contributed by atoms with Crippen molar-refractivity contribution in [3.8, 4) is 0 Å². The largest absolute Gasteiger partial charge is 0.274 e. The van der Waals surface area contributed by atoms with Gasteiger partial charge in [0.2, 0.25) is 11.8 Å². The summed E-state index contributed by atoms with van der Waals surface area (Å²) in [6.45, 7) is 1.91. The van der Waals surface area contributed by atoms with E-state index in [4.69, 9.17) is 11.6 Å². The molecule has 2 saturated carbocycles. The average molecular weight is 290 g/mol. The van der Waals surface area contributed by atoms with Crippen molar-refractivity contribution in [1.29, 1.82) is 0 Å². The number of rotatable bonds is 1. The van der Waals surface area contributed by atoms with Gasteiger partial charge in [-0.15, -0.1) is 0 Å². The highest BCUT2D eigenvalue weighted by Gasteiger charge is 2.61. The summed E-state index contributed by atoms with van der Waals surface area (Å²) < 4.78 is 0. The van der Waals surface area contributed by atoms with Crippen molar-refractivity contribution in [1.82, 2.24) is 0 Å². The Kier molecular flexibility index (Phi) is 2.53. The summed E-state index contributed by atoms with van der Waals surface area (Å²) in [7, 11) is 0. The SMILES string of the molecule is Cc1ccc(Cl)cc1N1C(=O)C2C3CCC(C3)C2C1=O. The summed E-state index contributed by atoms with van der Waals surface area (Å²) in [5.41, 5.74) is 1.59. The average Bonchev–Trinajstić information content (AvgIpc) is 3.08. The number of carbonyl (C=O) groups excluding carboxylic acids is 2. The van der Waals surface area contributed by atoms with Gasteiger partial charge in [0.25, 0.3) is 0 Å². The Morgan fingerprint density at radius 2 is 1.70 bits per heavy atom. The van der Waals surface area contributed by atoms with E-state index in [0.717, 1.165) is 24.8 Å². The number of imide groups is 1. The van der Waals surface area contributed by atoms with E-state index in [0.29, 0.717) is 22.5 Å². The highest BCUT2D eigenvalue weighted by atomic mass is 35.5. The Morgan fingerprint density at radius 3 is 2.30 bits per heavy atom. The van der Waals surface area contributed by atoms with Crippen LogP contribution < -0.4 is 4.90 Å². The molecule has 4 atom stereocenters. The molecular formula is C16H16ClNO2. The van der Waals surface area contributed by atoms with Crippen molar-refractivity contribution in [3.63, 3.8) is 0 Å². The molecule has 2 aliphatic carbocycles. The van der Waals surface area contributed by atoms with Crippen LogP contribution >= 0.6 is 11.6 Å². The smallest absolute Gasteiger partial charge is 0.237 e.